The lowest BCUT2D eigenvalue weighted by Gasteiger charge is -2.14. The van der Waals surface area contributed by atoms with E-state index in [9.17, 15) is 9.59 Å². The maximum atomic E-state index is 11.1. The van der Waals surface area contributed by atoms with Gasteiger partial charge in [0, 0.05) is 19.6 Å². The van der Waals surface area contributed by atoms with Crippen LogP contribution in [0.15, 0.2) is 0 Å². The van der Waals surface area contributed by atoms with Crippen LogP contribution in [0.5, 0.6) is 0 Å². The molecular formula is C8H16N2O2. The van der Waals surface area contributed by atoms with Gasteiger partial charge in [0.15, 0.2) is 0 Å². The molecule has 0 heterocycles. The van der Waals surface area contributed by atoms with Crippen molar-refractivity contribution in [3.8, 4) is 0 Å². The van der Waals surface area contributed by atoms with Crippen LogP contribution in [0.3, 0.4) is 0 Å². The highest BCUT2D eigenvalue weighted by atomic mass is 16.2. The van der Waals surface area contributed by atoms with Crippen LogP contribution in [0.25, 0.3) is 0 Å². The number of hydrogen-bond donors (Lipinski definition) is 1. The molecule has 0 aliphatic rings. The van der Waals surface area contributed by atoms with Crippen molar-refractivity contribution in [2.24, 2.45) is 0 Å². The highest BCUT2D eigenvalue weighted by Gasteiger charge is 2.17. The van der Waals surface area contributed by atoms with Crippen LogP contribution in [0.4, 0.5) is 0 Å². The van der Waals surface area contributed by atoms with Crippen LogP contribution in [-0.4, -0.2) is 36.3 Å². The molecule has 0 saturated heterocycles. The summed E-state index contributed by atoms with van der Waals surface area (Å²) in [5, 5.41) is 2.53. The van der Waals surface area contributed by atoms with E-state index >= 15 is 0 Å². The molecule has 0 rings (SSSR count). The molecule has 4 nitrogen and oxygen atoms in total. The van der Waals surface area contributed by atoms with Crippen molar-refractivity contribution in [3.63, 3.8) is 0 Å². The van der Waals surface area contributed by atoms with Gasteiger partial charge in [-0.15, -0.1) is 0 Å². The molecule has 1 N–H and O–H groups in total. The maximum Gasteiger partial charge on any atom is 0.311 e. The van der Waals surface area contributed by atoms with E-state index < -0.39 is 11.8 Å². The SMILES string of the molecule is CCN(C)C(=O)C(=O)NC(C)C. The Hall–Kier alpha value is -1.06. The number of nitrogens with one attached hydrogen (secondary N) is 1. The van der Waals surface area contributed by atoms with Gasteiger partial charge in [-0.3, -0.25) is 9.59 Å². The first-order chi connectivity index (χ1) is 5.49. The summed E-state index contributed by atoms with van der Waals surface area (Å²) >= 11 is 0. The average Bonchev–Trinajstić information content (AvgIpc) is 2.00. The van der Waals surface area contributed by atoms with Crippen LogP contribution in [-0.2, 0) is 9.59 Å². The van der Waals surface area contributed by atoms with E-state index in [0.717, 1.165) is 0 Å². The summed E-state index contributed by atoms with van der Waals surface area (Å²) in [6.45, 7) is 6.00. The number of carbonyl (C=O) groups excluding carboxylic acids is 2. The number of nitrogens with zero attached hydrogens (tertiary/aromatic N) is 1. The van der Waals surface area contributed by atoms with Gasteiger partial charge in [0.2, 0.25) is 0 Å². The second-order valence-corrected chi connectivity index (χ2v) is 2.95. The van der Waals surface area contributed by atoms with Gasteiger partial charge in [-0.1, -0.05) is 0 Å². The molecule has 0 radical (unpaired) electrons. The molecule has 0 unspecified atom stereocenters. The zero-order chi connectivity index (χ0) is 9.72. The van der Waals surface area contributed by atoms with Crippen molar-refractivity contribution < 1.29 is 9.59 Å². The first-order valence-electron chi connectivity index (χ1n) is 4.05. The summed E-state index contributed by atoms with van der Waals surface area (Å²) in [6.07, 6.45) is 0. The van der Waals surface area contributed by atoms with Gasteiger partial charge in [0.05, 0.1) is 0 Å². The predicted octanol–water partition coefficient (Wildman–Crippen LogP) is -0.0107. The third-order valence-corrected chi connectivity index (χ3v) is 1.44. The Morgan fingerprint density at radius 1 is 1.42 bits per heavy atom. The highest BCUT2D eigenvalue weighted by Crippen LogP contribution is 1.85. The molecule has 0 aromatic rings. The van der Waals surface area contributed by atoms with Crippen LogP contribution in [0.2, 0.25) is 0 Å². The fourth-order valence-corrected chi connectivity index (χ4v) is 0.641. The third kappa shape index (κ3) is 3.37. The van der Waals surface area contributed by atoms with Crippen LogP contribution in [0, 0.1) is 0 Å². The van der Waals surface area contributed by atoms with Gasteiger partial charge in [0.25, 0.3) is 0 Å². The minimum absolute atomic E-state index is 0.00621. The summed E-state index contributed by atoms with van der Waals surface area (Å²) in [6, 6.07) is 0.00621. The quantitative estimate of drug-likeness (QED) is 0.595. The van der Waals surface area contributed by atoms with Crippen molar-refractivity contribution in [2.75, 3.05) is 13.6 Å². The molecule has 0 atom stereocenters. The van der Waals surface area contributed by atoms with Gasteiger partial charge in [0.1, 0.15) is 0 Å². The first-order valence-corrected chi connectivity index (χ1v) is 4.05. The molecule has 12 heavy (non-hydrogen) atoms. The molecule has 0 aliphatic heterocycles. The Morgan fingerprint density at radius 2 is 1.92 bits per heavy atom. The highest BCUT2D eigenvalue weighted by molar-refractivity contribution is 6.34. The summed E-state index contributed by atoms with van der Waals surface area (Å²) < 4.78 is 0. The Balaban J connectivity index is 4.02. The lowest BCUT2D eigenvalue weighted by atomic mass is 10.3. The third-order valence-electron chi connectivity index (χ3n) is 1.44. The minimum atomic E-state index is -0.533. The van der Waals surface area contributed by atoms with Gasteiger partial charge in [-0.25, -0.2) is 0 Å². The van der Waals surface area contributed by atoms with Crippen LogP contribution < -0.4 is 5.32 Å². The van der Waals surface area contributed by atoms with Crippen molar-refractivity contribution >= 4 is 11.8 Å². The molecule has 0 aromatic carbocycles. The molecule has 4 heteroatoms. The number of rotatable bonds is 2. The van der Waals surface area contributed by atoms with Crippen LogP contribution in [0.1, 0.15) is 20.8 Å². The fourth-order valence-electron chi connectivity index (χ4n) is 0.641. The summed E-state index contributed by atoms with van der Waals surface area (Å²) in [5.41, 5.74) is 0. The molecule has 0 fully saturated rings. The lowest BCUT2D eigenvalue weighted by Crippen LogP contribution is -2.43. The predicted molar refractivity (Wildman–Crippen MR) is 46.6 cm³/mol. The molecule has 2 amide bonds. The molecule has 0 saturated carbocycles. The number of carbonyl (C=O) groups is 2. The molecule has 0 bridgehead atoms. The molecule has 0 aromatic heterocycles. The number of hydrogen-bond acceptors (Lipinski definition) is 2. The normalized spacial score (nSPS) is 9.75. The minimum Gasteiger partial charge on any atom is -0.346 e. The van der Waals surface area contributed by atoms with E-state index in [2.05, 4.69) is 5.32 Å². The fraction of sp³-hybridized carbons (Fsp3) is 0.750. The maximum absolute atomic E-state index is 11.1. The van der Waals surface area contributed by atoms with Crippen molar-refractivity contribution in [1.82, 2.24) is 10.2 Å². The van der Waals surface area contributed by atoms with Gasteiger partial charge >= 0.3 is 11.8 Å². The van der Waals surface area contributed by atoms with Crippen molar-refractivity contribution in [3.05, 3.63) is 0 Å². The summed E-state index contributed by atoms with van der Waals surface area (Å²) in [4.78, 5) is 23.5. The standard InChI is InChI=1S/C8H16N2O2/c1-5-10(4)8(12)7(11)9-6(2)3/h6H,5H2,1-4H3,(H,9,11). The second-order valence-electron chi connectivity index (χ2n) is 2.95. The van der Waals surface area contributed by atoms with Gasteiger partial charge < -0.3 is 10.2 Å². The van der Waals surface area contributed by atoms with Gasteiger partial charge in [-0.05, 0) is 20.8 Å². The Bertz CT molecular complexity index is 178. The molecule has 70 valence electrons. The topological polar surface area (TPSA) is 49.4 Å². The molecule has 0 aliphatic carbocycles. The zero-order valence-corrected chi connectivity index (χ0v) is 8.05. The smallest absolute Gasteiger partial charge is 0.311 e. The Labute approximate surface area is 72.9 Å². The summed E-state index contributed by atoms with van der Waals surface area (Å²) in [7, 11) is 1.60. The summed E-state index contributed by atoms with van der Waals surface area (Å²) in [5.74, 6) is -1.01. The Kier molecular flexibility index (Phi) is 4.33. The zero-order valence-electron chi connectivity index (χ0n) is 8.05. The van der Waals surface area contributed by atoms with Crippen molar-refractivity contribution in [2.45, 2.75) is 26.8 Å². The van der Waals surface area contributed by atoms with E-state index in [1.807, 2.05) is 20.8 Å². The average molecular weight is 172 g/mol. The Morgan fingerprint density at radius 3 is 2.25 bits per heavy atom. The first kappa shape index (κ1) is 10.9. The van der Waals surface area contributed by atoms with Crippen molar-refractivity contribution in [1.29, 1.82) is 0 Å². The van der Waals surface area contributed by atoms with E-state index in [1.165, 1.54) is 4.90 Å². The van der Waals surface area contributed by atoms with E-state index in [4.69, 9.17) is 0 Å². The molecule has 0 spiro atoms. The largest absolute Gasteiger partial charge is 0.346 e. The molecular weight excluding hydrogens is 156 g/mol. The number of amides is 2. The number of likely N-dealkylation sites (N-methyl/N-ethyl adjacent to an activating group) is 1. The van der Waals surface area contributed by atoms with Crippen LogP contribution >= 0.6 is 0 Å². The lowest BCUT2D eigenvalue weighted by molar-refractivity contribution is -0.145. The van der Waals surface area contributed by atoms with E-state index in [1.54, 1.807) is 7.05 Å². The van der Waals surface area contributed by atoms with E-state index in [0.29, 0.717) is 6.54 Å². The van der Waals surface area contributed by atoms with Gasteiger partial charge in [-0.2, -0.15) is 0 Å². The second kappa shape index (κ2) is 4.74. The van der Waals surface area contributed by atoms with E-state index in [-0.39, 0.29) is 6.04 Å². The monoisotopic (exact) mass is 172 g/mol.